The lowest BCUT2D eigenvalue weighted by Crippen LogP contribution is -2.23. The standard InChI is InChI=1S/C45H29N5O/c51-44-39-34-26-14-13-25-33(34)37(29-17-5-1-6-18-29)40(39)38-35-27-15-16-28-36(35)50(43(38)49(44)32-23-11-4-12-24-32)45-47-41(30-19-7-2-8-20-30)46-42(48-45)31-21-9-3-10-22-31/h1-28,37H. The molecule has 1 unspecified atom stereocenters. The molecule has 0 N–H and O–H groups in total. The van der Waals surface area contributed by atoms with Crippen LogP contribution in [0, 0.1) is 0 Å². The highest BCUT2D eigenvalue weighted by atomic mass is 16.1. The van der Waals surface area contributed by atoms with Crippen molar-refractivity contribution < 1.29 is 0 Å². The molecule has 3 aromatic heterocycles. The summed E-state index contributed by atoms with van der Waals surface area (Å²) in [5.74, 6) is 1.39. The summed E-state index contributed by atoms with van der Waals surface area (Å²) in [7, 11) is 0. The highest BCUT2D eigenvalue weighted by Crippen LogP contribution is 2.51. The zero-order chi connectivity index (χ0) is 33.9. The van der Waals surface area contributed by atoms with Crippen molar-refractivity contribution >= 4 is 21.9 Å². The minimum absolute atomic E-state index is 0.0840. The van der Waals surface area contributed by atoms with Crippen molar-refractivity contribution in [1.82, 2.24) is 24.1 Å². The fourth-order valence-corrected chi connectivity index (χ4v) is 7.74. The molecular formula is C45H29N5O. The predicted molar refractivity (Wildman–Crippen MR) is 203 cm³/mol. The first-order valence-electron chi connectivity index (χ1n) is 17.1. The van der Waals surface area contributed by atoms with Crippen LogP contribution >= 0.6 is 0 Å². The number of pyridine rings is 1. The molecule has 0 saturated heterocycles. The van der Waals surface area contributed by atoms with Gasteiger partial charge in [0.2, 0.25) is 5.95 Å². The number of para-hydroxylation sites is 2. The summed E-state index contributed by atoms with van der Waals surface area (Å²) in [6.45, 7) is 0. The Labute approximate surface area is 293 Å². The fraction of sp³-hybridized carbons (Fsp3) is 0.0222. The SMILES string of the molecule is O=c1c2c(c3c4ccccc4n(-c4nc(-c5ccccc5)nc(-c5ccccc5)n4)c3n1-c1ccccc1)C(c1ccccc1)c1ccccc1-2. The second-order valence-corrected chi connectivity index (χ2v) is 12.8. The highest BCUT2D eigenvalue weighted by molar-refractivity contribution is 6.13. The molecule has 1 atom stereocenters. The van der Waals surface area contributed by atoms with Gasteiger partial charge in [-0.2, -0.15) is 9.97 Å². The second kappa shape index (κ2) is 11.6. The first kappa shape index (κ1) is 29.0. The maximum Gasteiger partial charge on any atom is 0.264 e. The van der Waals surface area contributed by atoms with E-state index in [-0.39, 0.29) is 11.5 Å². The third-order valence-corrected chi connectivity index (χ3v) is 9.88. The Kier molecular flexibility index (Phi) is 6.61. The maximum atomic E-state index is 15.3. The van der Waals surface area contributed by atoms with Crippen LogP contribution in [-0.4, -0.2) is 24.1 Å². The molecule has 1 aliphatic rings. The Morgan fingerprint density at radius 1 is 0.510 bits per heavy atom. The molecule has 0 bridgehead atoms. The van der Waals surface area contributed by atoms with Crippen LogP contribution in [0.3, 0.4) is 0 Å². The van der Waals surface area contributed by atoms with E-state index in [0.717, 1.165) is 60.9 Å². The molecule has 6 nitrogen and oxygen atoms in total. The molecule has 3 heterocycles. The number of rotatable bonds is 5. The lowest BCUT2D eigenvalue weighted by atomic mass is 9.87. The summed E-state index contributed by atoms with van der Waals surface area (Å²) in [6.07, 6.45) is 0. The van der Waals surface area contributed by atoms with Crippen LogP contribution in [0.5, 0.6) is 0 Å². The van der Waals surface area contributed by atoms with Crippen LogP contribution in [0.15, 0.2) is 175 Å². The molecule has 1 aliphatic carbocycles. The topological polar surface area (TPSA) is 65.6 Å². The monoisotopic (exact) mass is 655 g/mol. The molecule has 0 fully saturated rings. The van der Waals surface area contributed by atoms with Crippen molar-refractivity contribution in [2.24, 2.45) is 0 Å². The van der Waals surface area contributed by atoms with E-state index in [1.807, 2.05) is 114 Å². The Morgan fingerprint density at radius 2 is 1.06 bits per heavy atom. The Morgan fingerprint density at radius 3 is 1.73 bits per heavy atom. The van der Waals surface area contributed by atoms with Crippen molar-refractivity contribution in [2.45, 2.75) is 5.92 Å². The van der Waals surface area contributed by atoms with Gasteiger partial charge in [0.1, 0.15) is 5.65 Å². The molecule has 6 heteroatoms. The number of nitrogens with zero attached hydrogens (tertiary/aromatic N) is 5. The smallest absolute Gasteiger partial charge is 0.264 e. The molecule has 0 amide bonds. The van der Waals surface area contributed by atoms with E-state index in [1.165, 1.54) is 0 Å². The lowest BCUT2D eigenvalue weighted by Gasteiger charge is -2.19. The van der Waals surface area contributed by atoms with Gasteiger partial charge in [-0.3, -0.25) is 13.9 Å². The second-order valence-electron chi connectivity index (χ2n) is 12.8. The van der Waals surface area contributed by atoms with Crippen LogP contribution in [0.2, 0.25) is 0 Å². The van der Waals surface area contributed by atoms with Gasteiger partial charge < -0.3 is 0 Å². The Hall–Kier alpha value is -6.92. The van der Waals surface area contributed by atoms with Crippen LogP contribution in [-0.2, 0) is 0 Å². The lowest BCUT2D eigenvalue weighted by molar-refractivity contribution is 0.910. The molecule has 0 saturated carbocycles. The third kappa shape index (κ3) is 4.50. The van der Waals surface area contributed by atoms with E-state index in [0.29, 0.717) is 23.2 Å². The first-order chi connectivity index (χ1) is 25.3. The van der Waals surface area contributed by atoms with E-state index in [9.17, 15) is 0 Å². The minimum Gasteiger partial charge on any atom is -0.268 e. The molecule has 9 aromatic rings. The third-order valence-electron chi connectivity index (χ3n) is 9.88. The summed E-state index contributed by atoms with van der Waals surface area (Å²) < 4.78 is 3.91. The van der Waals surface area contributed by atoms with Gasteiger partial charge in [-0.1, -0.05) is 152 Å². The van der Waals surface area contributed by atoms with Gasteiger partial charge in [-0.25, -0.2) is 4.98 Å². The number of fused-ring (bicyclic) bond motifs is 7. The van der Waals surface area contributed by atoms with Crippen molar-refractivity contribution in [3.05, 3.63) is 197 Å². The number of benzene rings is 6. The number of hydrogen-bond acceptors (Lipinski definition) is 4. The van der Waals surface area contributed by atoms with Crippen LogP contribution < -0.4 is 5.56 Å². The van der Waals surface area contributed by atoms with E-state index in [2.05, 4.69) is 65.2 Å². The van der Waals surface area contributed by atoms with E-state index >= 15 is 4.79 Å². The fourth-order valence-electron chi connectivity index (χ4n) is 7.74. The molecule has 10 rings (SSSR count). The predicted octanol–water partition coefficient (Wildman–Crippen LogP) is 9.61. The van der Waals surface area contributed by atoms with Crippen LogP contribution in [0.25, 0.3) is 67.5 Å². The molecule has 0 aliphatic heterocycles. The normalized spacial score (nSPS) is 13.4. The number of hydrogen-bond donors (Lipinski definition) is 0. The minimum atomic E-state index is -0.143. The summed E-state index contributed by atoms with van der Waals surface area (Å²) >= 11 is 0. The molecule has 0 radical (unpaired) electrons. The van der Waals surface area contributed by atoms with Crippen LogP contribution in [0.4, 0.5) is 0 Å². The summed E-state index contributed by atoms with van der Waals surface area (Å²) in [6, 6.07) is 57.0. The van der Waals surface area contributed by atoms with Gasteiger partial charge in [0.15, 0.2) is 11.6 Å². The largest absolute Gasteiger partial charge is 0.268 e. The molecular weight excluding hydrogens is 627 g/mol. The zero-order valence-corrected chi connectivity index (χ0v) is 27.4. The molecule has 6 aromatic carbocycles. The first-order valence-corrected chi connectivity index (χ1v) is 17.1. The molecule has 51 heavy (non-hydrogen) atoms. The van der Waals surface area contributed by atoms with Crippen LogP contribution in [0.1, 0.15) is 22.6 Å². The van der Waals surface area contributed by atoms with Gasteiger partial charge >= 0.3 is 0 Å². The van der Waals surface area contributed by atoms with E-state index in [4.69, 9.17) is 15.0 Å². The van der Waals surface area contributed by atoms with Gasteiger partial charge in [0.25, 0.3) is 5.56 Å². The quantitative estimate of drug-likeness (QED) is 0.185. The van der Waals surface area contributed by atoms with Crippen molar-refractivity contribution in [3.63, 3.8) is 0 Å². The Balaban J connectivity index is 1.41. The summed E-state index contributed by atoms with van der Waals surface area (Å²) in [4.78, 5) is 30.7. The van der Waals surface area contributed by atoms with Crippen molar-refractivity contribution in [2.75, 3.05) is 0 Å². The van der Waals surface area contributed by atoms with E-state index < -0.39 is 0 Å². The van der Waals surface area contributed by atoms with Crippen molar-refractivity contribution in [3.8, 4) is 45.5 Å². The van der Waals surface area contributed by atoms with Crippen molar-refractivity contribution in [1.29, 1.82) is 0 Å². The highest BCUT2D eigenvalue weighted by Gasteiger charge is 2.37. The van der Waals surface area contributed by atoms with E-state index in [1.54, 1.807) is 0 Å². The number of aromatic nitrogens is 5. The van der Waals surface area contributed by atoms with Gasteiger partial charge in [-0.15, -0.1) is 0 Å². The average molecular weight is 656 g/mol. The molecule has 240 valence electrons. The maximum absolute atomic E-state index is 15.3. The Bertz CT molecular complexity index is 2750. The van der Waals surface area contributed by atoms with Gasteiger partial charge in [-0.05, 0) is 40.5 Å². The zero-order valence-electron chi connectivity index (χ0n) is 27.4. The van der Waals surface area contributed by atoms with Gasteiger partial charge in [0, 0.05) is 27.8 Å². The summed E-state index contributed by atoms with van der Waals surface area (Å²) in [5, 5.41) is 2.02. The molecule has 0 spiro atoms. The summed E-state index contributed by atoms with van der Waals surface area (Å²) in [5.41, 5.74) is 9.00. The van der Waals surface area contributed by atoms with Gasteiger partial charge in [0.05, 0.1) is 16.8 Å². The average Bonchev–Trinajstić information content (AvgIpc) is 3.73.